The minimum Gasteiger partial charge on any atom is -0.326 e. The third-order valence-corrected chi connectivity index (χ3v) is 3.57. The van der Waals surface area contributed by atoms with E-state index in [9.17, 15) is 0 Å². The fourth-order valence-electron chi connectivity index (χ4n) is 1.58. The van der Waals surface area contributed by atoms with Crippen LogP contribution in [0.5, 0.6) is 0 Å². The van der Waals surface area contributed by atoms with Crippen molar-refractivity contribution in [2.75, 3.05) is 0 Å². The summed E-state index contributed by atoms with van der Waals surface area (Å²) in [6.07, 6.45) is 0. The molecular formula is C14H18N2S. The number of hydrogen-bond acceptors (Lipinski definition) is 3. The Hall–Kier alpha value is -1.19. The summed E-state index contributed by atoms with van der Waals surface area (Å²) in [5.41, 5.74) is 9.22. The zero-order valence-corrected chi connectivity index (χ0v) is 11.3. The second-order valence-corrected chi connectivity index (χ2v) is 6.05. The van der Waals surface area contributed by atoms with Gasteiger partial charge in [0.15, 0.2) is 0 Å². The van der Waals surface area contributed by atoms with Crippen molar-refractivity contribution < 1.29 is 0 Å². The summed E-state index contributed by atoms with van der Waals surface area (Å²) in [5.74, 6) is 0. The van der Waals surface area contributed by atoms with E-state index in [-0.39, 0.29) is 5.41 Å². The Morgan fingerprint density at radius 2 is 2.06 bits per heavy atom. The molecule has 0 aliphatic heterocycles. The van der Waals surface area contributed by atoms with E-state index in [1.807, 2.05) is 12.1 Å². The summed E-state index contributed by atoms with van der Waals surface area (Å²) in [6, 6.07) is 8.28. The topological polar surface area (TPSA) is 38.9 Å². The number of aromatic nitrogens is 1. The highest BCUT2D eigenvalue weighted by Crippen LogP contribution is 2.29. The molecular weight excluding hydrogens is 228 g/mol. The molecule has 0 bridgehead atoms. The number of thiazole rings is 1. The van der Waals surface area contributed by atoms with Crippen LogP contribution in [-0.4, -0.2) is 4.98 Å². The molecule has 2 nitrogen and oxygen atoms in total. The molecule has 0 atom stereocenters. The summed E-state index contributed by atoms with van der Waals surface area (Å²) in [4.78, 5) is 4.70. The van der Waals surface area contributed by atoms with E-state index < -0.39 is 0 Å². The van der Waals surface area contributed by atoms with Crippen LogP contribution in [0.1, 0.15) is 32.0 Å². The molecule has 1 aromatic carbocycles. The van der Waals surface area contributed by atoms with Gasteiger partial charge in [0.05, 0.1) is 5.69 Å². The maximum absolute atomic E-state index is 5.65. The standard InChI is InChI=1S/C14H18N2S/c1-14(2,3)12-9-17-13(16-12)11-6-4-5-10(7-11)8-15/h4-7,9H,8,15H2,1-3H3. The molecule has 2 rings (SSSR count). The average Bonchev–Trinajstić information content (AvgIpc) is 2.78. The Balaban J connectivity index is 2.37. The highest BCUT2D eigenvalue weighted by atomic mass is 32.1. The minimum absolute atomic E-state index is 0.111. The predicted molar refractivity (Wildman–Crippen MR) is 74.1 cm³/mol. The van der Waals surface area contributed by atoms with E-state index in [1.165, 1.54) is 0 Å². The van der Waals surface area contributed by atoms with Gasteiger partial charge < -0.3 is 5.73 Å². The van der Waals surface area contributed by atoms with E-state index in [0.717, 1.165) is 21.8 Å². The van der Waals surface area contributed by atoms with Crippen molar-refractivity contribution in [3.05, 3.63) is 40.9 Å². The quantitative estimate of drug-likeness (QED) is 0.880. The van der Waals surface area contributed by atoms with Gasteiger partial charge >= 0.3 is 0 Å². The van der Waals surface area contributed by atoms with Crippen molar-refractivity contribution in [3.8, 4) is 10.6 Å². The molecule has 3 heteroatoms. The first-order valence-electron chi connectivity index (χ1n) is 5.76. The van der Waals surface area contributed by atoms with Gasteiger partial charge in [0.2, 0.25) is 0 Å². The fraction of sp³-hybridized carbons (Fsp3) is 0.357. The summed E-state index contributed by atoms with van der Waals surface area (Å²) < 4.78 is 0. The first-order chi connectivity index (χ1) is 8.00. The highest BCUT2D eigenvalue weighted by molar-refractivity contribution is 7.13. The molecule has 17 heavy (non-hydrogen) atoms. The van der Waals surface area contributed by atoms with Crippen molar-refractivity contribution in [2.45, 2.75) is 32.7 Å². The van der Waals surface area contributed by atoms with E-state index >= 15 is 0 Å². The first kappa shape index (κ1) is 12.3. The van der Waals surface area contributed by atoms with Crippen LogP contribution in [-0.2, 0) is 12.0 Å². The van der Waals surface area contributed by atoms with Gasteiger partial charge in [-0.1, -0.05) is 39.0 Å². The van der Waals surface area contributed by atoms with Gasteiger partial charge in [-0.3, -0.25) is 0 Å². The summed E-state index contributed by atoms with van der Waals surface area (Å²) in [7, 11) is 0. The molecule has 0 aliphatic rings. The molecule has 0 unspecified atom stereocenters. The van der Waals surface area contributed by atoms with E-state index in [4.69, 9.17) is 10.7 Å². The smallest absolute Gasteiger partial charge is 0.123 e. The van der Waals surface area contributed by atoms with Crippen LogP contribution in [0, 0.1) is 0 Å². The molecule has 0 saturated carbocycles. The number of rotatable bonds is 2. The van der Waals surface area contributed by atoms with E-state index in [2.05, 4.69) is 38.3 Å². The van der Waals surface area contributed by atoms with Crippen molar-refractivity contribution in [2.24, 2.45) is 5.73 Å². The van der Waals surface area contributed by atoms with E-state index in [1.54, 1.807) is 11.3 Å². The van der Waals surface area contributed by atoms with Crippen LogP contribution >= 0.6 is 11.3 Å². The van der Waals surface area contributed by atoms with Gasteiger partial charge in [0.25, 0.3) is 0 Å². The van der Waals surface area contributed by atoms with Gasteiger partial charge in [-0.15, -0.1) is 11.3 Å². The minimum atomic E-state index is 0.111. The maximum atomic E-state index is 5.65. The SMILES string of the molecule is CC(C)(C)c1csc(-c2cccc(CN)c2)n1. The lowest BCUT2D eigenvalue weighted by Crippen LogP contribution is -2.11. The third kappa shape index (κ3) is 2.73. The molecule has 1 heterocycles. The van der Waals surface area contributed by atoms with Crippen LogP contribution in [0.2, 0.25) is 0 Å². The Labute approximate surface area is 107 Å². The maximum Gasteiger partial charge on any atom is 0.123 e. The lowest BCUT2D eigenvalue weighted by Gasteiger charge is -2.14. The van der Waals surface area contributed by atoms with E-state index in [0.29, 0.717) is 6.54 Å². The van der Waals surface area contributed by atoms with Crippen LogP contribution in [0.3, 0.4) is 0 Å². The Bertz CT molecular complexity index is 509. The molecule has 2 N–H and O–H groups in total. The van der Waals surface area contributed by atoms with Gasteiger partial charge in [0, 0.05) is 22.9 Å². The molecule has 90 valence electrons. The second kappa shape index (κ2) is 4.59. The van der Waals surface area contributed by atoms with Crippen molar-refractivity contribution in [3.63, 3.8) is 0 Å². The van der Waals surface area contributed by atoms with Crippen LogP contribution in [0.4, 0.5) is 0 Å². The predicted octanol–water partition coefficient (Wildman–Crippen LogP) is 3.57. The van der Waals surface area contributed by atoms with Crippen LogP contribution < -0.4 is 5.73 Å². The molecule has 0 amide bonds. The Morgan fingerprint density at radius 3 is 2.65 bits per heavy atom. The molecule has 1 aromatic heterocycles. The zero-order chi connectivity index (χ0) is 12.5. The lowest BCUT2D eigenvalue weighted by molar-refractivity contribution is 0.573. The number of hydrogen-bond donors (Lipinski definition) is 1. The normalized spacial score (nSPS) is 11.8. The summed E-state index contributed by atoms with van der Waals surface area (Å²) in [5, 5.41) is 3.22. The first-order valence-corrected chi connectivity index (χ1v) is 6.64. The third-order valence-electron chi connectivity index (χ3n) is 2.68. The van der Waals surface area contributed by atoms with Gasteiger partial charge in [-0.05, 0) is 11.6 Å². The van der Waals surface area contributed by atoms with Crippen molar-refractivity contribution >= 4 is 11.3 Å². The zero-order valence-electron chi connectivity index (χ0n) is 10.5. The van der Waals surface area contributed by atoms with Crippen molar-refractivity contribution in [1.82, 2.24) is 4.98 Å². The second-order valence-electron chi connectivity index (χ2n) is 5.19. The molecule has 0 radical (unpaired) electrons. The van der Waals surface area contributed by atoms with Gasteiger partial charge in [-0.2, -0.15) is 0 Å². The van der Waals surface area contributed by atoms with Gasteiger partial charge in [-0.25, -0.2) is 4.98 Å². The van der Waals surface area contributed by atoms with Crippen molar-refractivity contribution in [1.29, 1.82) is 0 Å². The molecule has 0 fully saturated rings. The number of benzene rings is 1. The Morgan fingerprint density at radius 1 is 1.29 bits per heavy atom. The number of nitrogens with two attached hydrogens (primary N) is 1. The largest absolute Gasteiger partial charge is 0.326 e. The average molecular weight is 246 g/mol. The molecule has 0 spiro atoms. The Kier molecular flexibility index (Phi) is 3.31. The molecule has 2 aromatic rings. The highest BCUT2D eigenvalue weighted by Gasteiger charge is 2.17. The summed E-state index contributed by atoms with van der Waals surface area (Å²) >= 11 is 1.70. The fourth-order valence-corrected chi connectivity index (χ4v) is 2.63. The summed E-state index contributed by atoms with van der Waals surface area (Å²) in [6.45, 7) is 7.12. The molecule has 0 saturated heterocycles. The number of nitrogens with zero attached hydrogens (tertiary/aromatic N) is 1. The monoisotopic (exact) mass is 246 g/mol. The van der Waals surface area contributed by atoms with Crippen LogP contribution in [0.25, 0.3) is 10.6 Å². The lowest BCUT2D eigenvalue weighted by atomic mass is 9.93. The van der Waals surface area contributed by atoms with Gasteiger partial charge in [0.1, 0.15) is 5.01 Å². The molecule has 0 aliphatic carbocycles. The van der Waals surface area contributed by atoms with Crippen LogP contribution in [0.15, 0.2) is 29.6 Å².